The predicted molar refractivity (Wildman–Crippen MR) is 86.0 cm³/mol. The average Bonchev–Trinajstić information content (AvgIpc) is 2.55. The SMILES string of the molecule is COc1ccc(C)cc1CCNC(=O)C(N)C1CCOCC1. The van der Waals surface area contributed by atoms with Gasteiger partial charge in [0, 0.05) is 19.8 Å². The lowest BCUT2D eigenvalue weighted by Gasteiger charge is -2.26. The van der Waals surface area contributed by atoms with Gasteiger partial charge in [-0.25, -0.2) is 0 Å². The van der Waals surface area contributed by atoms with Crippen LogP contribution < -0.4 is 15.8 Å². The number of nitrogens with one attached hydrogen (secondary N) is 1. The molecule has 1 fully saturated rings. The van der Waals surface area contributed by atoms with Gasteiger partial charge in [0.2, 0.25) is 5.91 Å². The summed E-state index contributed by atoms with van der Waals surface area (Å²) >= 11 is 0. The van der Waals surface area contributed by atoms with Gasteiger partial charge >= 0.3 is 0 Å². The fourth-order valence-corrected chi connectivity index (χ4v) is 2.83. The molecule has 5 nitrogen and oxygen atoms in total. The number of aryl methyl sites for hydroxylation is 1. The Labute approximate surface area is 132 Å². The van der Waals surface area contributed by atoms with Crippen molar-refractivity contribution in [3.63, 3.8) is 0 Å². The molecule has 1 aliphatic rings. The zero-order valence-corrected chi connectivity index (χ0v) is 13.4. The standard InChI is InChI=1S/C17H26N2O3/c1-12-3-4-15(21-2)14(11-12)5-8-19-17(20)16(18)13-6-9-22-10-7-13/h3-4,11,13,16H,5-10,18H2,1-2H3,(H,19,20). The molecule has 2 rings (SSSR count). The van der Waals surface area contributed by atoms with E-state index in [0.717, 1.165) is 30.6 Å². The highest BCUT2D eigenvalue weighted by molar-refractivity contribution is 5.81. The second-order valence-corrected chi connectivity index (χ2v) is 5.83. The van der Waals surface area contributed by atoms with Crippen molar-refractivity contribution in [1.82, 2.24) is 5.32 Å². The molecule has 122 valence electrons. The Morgan fingerprint density at radius 1 is 1.45 bits per heavy atom. The number of methoxy groups -OCH3 is 1. The third kappa shape index (κ3) is 4.45. The Balaban J connectivity index is 1.82. The summed E-state index contributed by atoms with van der Waals surface area (Å²) < 4.78 is 10.7. The van der Waals surface area contributed by atoms with E-state index < -0.39 is 6.04 Å². The van der Waals surface area contributed by atoms with Gasteiger partial charge in [-0.2, -0.15) is 0 Å². The Kier molecular flexibility index (Phi) is 6.21. The first-order valence-corrected chi connectivity index (χ1v) is 7.86. The van der Waals surface area contributed by atoms with Crippen molar-refractivity contribution in [2.75, 3.05) is 26.9 Å². The molecule has 1 atom stereocenters. The van der Waals surface area contributed by atoms with Gasteiger partial charge in [0.05, 0.1) is 13.2 Å². The largest absolute Gasteiger partial charge is 0.496 e. The van der Waals surface area contributed by atoms with E-state index in [2.05, 4.69) is 11.4 Å². The molecule has 0 spiro atoms. The van der Waals surface area contributed by atoms with Gasteiger partial charge in [-0.05, 0) is 43.7 Å². The fourth-order valence-electron chi connectivity index (χ4n) is 2.83. The van der Waals surface area contributed by atoms with Crippen LogP contribution in [0.2, 0.25) is 0 Å². The fraction of sp³-hybridized carbons (Fsp3) is 0.588. The van der Waals surface area contributed by atoms with Crippen molar-refractivity contribution in [1.29, 1.82) is 0 Å². The Bertz CT molecular complexity index is 499. The van der Waals surface area contributed by atoms with E-state index in [1.54, 1.807) is 7.11 Å². The molecule has 1 unspecified atom stereocenters. The van der Waals surface area contributed by atoms with Crippen LogP contribution in [0.5, 0.6) is 5.75 Å². The minimum absolute atomic E-state index is 0.0708. The van der Waals surface area contributed by atoms with E-state index in [-0.39, 0.29) is 11.8 Å². The number of hydrogen-bond donors (Lipinski definition) is 2. The molecule has 0 aliphatic carbocycles. The van der Waals surface area contributed by atoms with Gasteiger partial charge in [-0.1, -0.05) is 17.7 Å². The van der Waals surface area contributed by atoms with Gasteiger partial charge in [0.15, 0.2) is 0 Å². The van der Waals surface area contributed by atoms with Gasteiger partial charge < -0.3 is 20.5 Å². The molecule has 1 aromatic carbocycles. The summed E-state index contributed by atoms with van der Waals surface area (Å²) in [4.78, 5) is 12.1. The predicted octanol–water partition coefficient (Wildman–Crippen LogP) is 1.42. The van der Waals surface area contributed by atoms with Crippen molar-refractivity contribution in [3.8, 4) is 5.75 Å². The molecule has 1 aromatic rings. The molecule has 0 bridgehead atoms. The highest BCUT2D eigenvalue weighted by Crippen LogP contribution is 2.20. The van der Waals surface area contributed by atoms with Gasteiger partial charge in [0.1, 0.15) is 5.75 Å². The van der Waals surface area contributed by atoms with Gasteiger partial charge in [-0.3, -0.25) is 4.79 Å². The summed E-state index contributed by atoms with van der Waals surface area (Å²) in [5, 5.41) is 2.94. The first-order chi connectivity index (χ1) is 10.6. The molecule has 0 saturated carbocycles. The van der Waals surface area contributed by atoms with E-state index in [4.69, 9.17) is 15.2 Å². The first-order valence-electron chi connectivity index (χ1n) is 7.86. The van der Waals surface area contributed by atoms with E-state index in [1.165, 1.54) is 5.56 Å². The minimum atomic E-state index is -0.441. The number of nitrogens with two attached hydrogens (primary N) is 1. The smallest absolute Gasteiger partial charge is 0.237 e. The van der Waals surface area contributed by atoms with Crippen LogP contribution >= 0.6 is 0 Å². The Morgan fingerprint density at radius 2 is 2.18 bits per heavy atom. The van der Waals surface area contributed by atoms with Crippen LogP contribution in [0.15, 0.2) is 18.2 Å². The van der Waals surface area contributed by atoms with Crippen LogP contribution in [0.3, 0.4) is 0 Å². The molecule has 0 radical (unpaired) electrons. The monoisotopic (exact) mass is 306 g/mol. The van der Waals surface area contributed by atoms with Crippen molar-refractivity contribution < 1.29 is 14.3 Å². The maximum absolute atomic E-state index is 12.1. The molecular weight excluding hydrogens is 280 g/mol. The van der Waals surface area contributed by atoms with Crippen LogP contribution in [0.4, 0.5) is 0 Å². The van der Waals surface area contributed by atoms with Gasteiger partial charge in [0.25, 0.3) is 0 Å². The van der Waals surface area contributed by atoms with E-state index in [9.17, 15) is 4.79 Å². The number of rotatable bonds is 6. The molecule has 3 N–H and O–H groups in total. The molecule has 5 heteroatoms. The summed E-state index contributed by atoms with van der Waals surface area (Å²) in [6.45, 7) is 4.01. The lowest BCUT2D eigenvalue weighted by atomic mass is 9.92. The second kappa shape index (κ2) is 8.15. The topological polar surface area (TPSA) is 73.6 Å². The highest BCUT2D eigenvalue weighted by atomic mass is 16.5. The number of amides is 1. The summed E-state index contributed by atoms with van der Waals surface area (Å²) in [5.74, 6) is 1.01. The minimum Gasteiger partial charge on any atom is -0.496 e. The van der Waals surface area contributed by atoms with E-state index in [1.807, 2.05) is 19.1 Å². The van der Waals surface area contributed by atoms with Crippen molar-refractivity contribution in [2.45, 2.75) is 32.2 Å². The lowest BCUT2D eigenvalue weighted by Crippen LogP contribution is -2.47. The normalized spacial score (nSPS) is 17.0. The van der Waals surface area contributed by atoms with E-state index >= 15 is 0 Å². The molecule has 1 amide bonds. The van der Waals surface area contributed by atoms with Crippen molar-refractivity contribution in [2.24, 2.45) is 11.7 Å². The average molecular weight is 306 g/mol. The maximum Gasteiger partial charge on any atom is 0.237 e. The van der Waals surface area contributed by atoms with Crippen LogP contribution in [0.1, 0.15) is 24.0 Å². The number of hydrogen-bond acceptors (Lipinski definition) is 4. The number of carbonyl (C=O) groups is 1. The molecule has 1 heterocycles. The molecular formula is C17H26N2O3. The van der Waals surface area contributed by atoms with Crippen molar-refractivity contribution in [3.05, 3.63) is 29.3 Å². The molecule has 1 saturated heterocycles. The van der Waals surface area contributed by atoms with Crippen LogP contribution in [-0.2, 0) is 16.0 Å². The molecule has 22 heavy (non-hydrogen) atoms. The lowest BCUT2D eigenvalue weighted by molar-refractivity contribution is -0.124. The van der Waals surface area contributed by atoms with Crippen molar-refractivity contribution >= 4 is 5.91 Å². The van der Waals surface area contributed by atoms with Gasteiger partial charge in [-0.15, -0.1) is 0 Å². The third-order valence-corrected chi connectivity index (χ3v) is 4.21. The maximum atomic E-state index is 12.1. The third-order valence-electron chi connectivity index (χ3n) is 4.21. The Hall–Kier alpha value is -1.59. The second-order valence-electron chi connectivity index (χ2n) is 5.83. The summed E-state index contributed by atoms with van der Waals surface area (Å²) in [6, 6.07) is 5.62. The highest BCUT2D eigenvalue weighted by Gasteiger charge is 2.26. The summed E-state index contributed by atoms with van der Waals surface area (Å²) in [6.07, 6.45) is 2.46. The zero-order chi connectivity index (χ0) is 15.9. The quantitative estimate of drug-likeness (QED) is 0.833. The summed E-state index contributed by atoms with van der Waals surface area (Å²) in [7, 11) is 1.66. The van der Waals surface area contributed by atoms with E-state index in [0.29, 0.717) is 19.8 Å². The first kappa shape index (κ1) is 16.8. The number of carbonyl (C=O) groups excluding carboxylic acids is 1. The summed E-state index contributed by atoms with van der Waals surface area (Å²) in [5.41, 5.74) is 8.34. The number of ether oxygens (including phenoxy) is 2. The number of benzene rings is 1. The molecule has 0 aromatic heterocycles. The van der Waals surface area contributed by atoms with Crippen LogP contribution in [0.25, 0.3) is 0 Å². The molecule has 1 aliphatic heterocycles. The van der Waals surface area contributed by atoms with Crippen LogP contribution in [-0.4, -0.2) is 38.8 Å². The van der Waals surface area contributed by atoms with Crippen LogP contribution in [0, 0.1) is 12.8 Å². The zero-order valence-electron chi connectivity index (χ0n) is 13.4. The Morgan fingerprint density at radius 3 is 2.86 bits per heavy atom.